The summed E-state index contributed by atoms with van der Waals surface area (Å²) in [6.45, 7) is 8.69. The third-order valence-corrected chi connectivity index (χ3v) is 10.5. The highest BCUT2D eigenvalue weighted by molar-refractivity contribution is 6.98. The van der Waals surface area contributed by atoms with Crippen LogP contribution in [0.4, 0.5) is 0 Å². The molecule has 0 spiro atoms. The molecule has 0 unspecified atom stereocenters. The van der Waals surface area contributed by atoms with Crippen LogP contribution in [-0.4, -0.2) is 37.7 Å². The topological polar surface area (TPSA) is 64.7 Å². The van der Waals surface area contributed by atoms with Gasteiger partial charge in [0.2, 0.25) is 0 Å². The van der Waals surface area contributed by atoms with Gasteiger partial charge in [-0.25, -0.2) is 0 Å². The third-order valence-electron chi connectivity index (χ3n) is 5.97. The second kappa shape index (κ2) is 8.09. The van der Waals surface area contributed by atoms with Gasteiger partial charge in [-0.2, -0.15) is 0 Å². The third kappa shape index (κ3) is 4.24. The van der Waals surface area contributed by atoms with E-state index < -0.39 is 14.1 Å². The van der Waals surface area contributed by atoms with Crippen LogP contribution in [0.3, 0.4) is 0 Å². The Labute approximate surface area is 169 Å². The average Bonchev–Trinajstić information content (AvgIpc) is 3.06. The van der Waals surface area contributed by atoms with Crippen LogP contribution >= 0.6 is 0 Å². The maximum atomic E-state index is 12.2. The Kier molecular flexibility index (Phi) is 6.13. The quantitative estimate of drug-likeness (QED) is 0.703. The molecule has 28 heavy (non-hydrogen) atoms. The molecule has 2 aromatic carbocycles. The van der Waals surface area contributed by atoms with E-state index in [0.717, 1.165) is 23.2 Å². The van der Waals surface area contributed by atoms with Gasteiger partial charge < -0.3 is 20.0 Å². The zero-order chi connectivity index (χ0) is 20.4. The molecule has 1 heterocycles. The van der Waals surface area contributed by atoms with Crippen LogP contribution in [0.2, 0.25) is 5.04 Å². The monoisotopic (exact) mass is 399 g/mol. The van der Waals surface area contributed by atoms with Crippen molar-refractivity contribution in [2.24, 2.45) is 5.73 Å². The molecular formula is C23H33NO3Si. The number of benzene rings is 2. The average molecular weight is 400 g/mol. The highest BCUT2D eigenvalue weighted by Crippen LogP contribution is 2.40. The van der Waals surface area contributed by atoms with Gasteiger partial charge in [-0.3, -0.25) is 0 Å². The zero-order valence-corrected chi connectivity index (χ0v) is 18.4. The summed E-state index contributed by atoms with van der Waals surface area (Å²) in [7, 11) is -2.99. The number of nitrogens with two attached hydrogens (primary N) is 1. The molecule has 4 nitrogen and oxygen atoms in total. The Morgan fingerprint density at radius 2 is 1.57 bits per heavy atom. The molecule has 1 aliphatic heterocycles. The molecule has 0 bridgehead atoms. The van der Waals surface area contributed by atoms with Crippen LogP contribution in [0.15, 0.2) is 60.7 Å². The number of ether oxygens (including phenoxy) is 2. The van der Waals surface area contributed by atoms with Crippen molar-refractivity contribution in [2.45, 2.75) is 63.5 Å². The summed E-state index contributed by atoms with van der Waals surface area (Å²) in [5, 5.41) is 1.75. The maximum absolute atomic E-state index is 12.2. The van der Waals surface area contributed by atoms with Gasteiger partial charge in [0.15, 0.2) is 5.79 Å². The smallest absolute Gasteiger partial charge is 0.258 e. The Morgan fingerprint density at radius 3 is 2.00 bits per heavy atom. The predicted octanol–water partition coefficient (Wildman–Crippen LogP) is 2.78. The SMILES string of the molecule is CC1(C)OC[C@H]([C@H](N)CCC(C)(C)[Si](O)(c2ccccc2)c2ccccc2)O1. The lowest BCUT2D eigenvalue weighted by Gasteiger charge is -2.42. The molecule has 0 amide bonds. The van der Waals surface area contributed by atoms with Crippen LogP contribution in [0.25, 0.3) is 0 Å². The minimum absolute atomic E-state index is 0.103. The van der Waals surface area contributed by atoms with E-state index in [1.165, 1.54) is 0 Å². The van der Waals surface area contributed by atoms with Crippen molar-refractivity contribution in [1.29, 1.82) is 0 Å². The molecule has 1 saturated heterocycles. The standard InChI is InChI=1S/C23H33NO3Si/c1-22(2,16-15-20(24)21-17-26-23(3,4)27-21)28(25,18-11-7-5-8-12-18)19-13-9-6-10-14-19/h5-14,20-21,25H,15-17,24H2,1-4H3/t20-,21-/m1/s1. The summed E-state index contributed by atoms with van der Waals surface area (Å²) >= 11 is 0. The van der Waals surface area contributed by atoms with E-state index in [-0.39, 0.29) is 17.2 Å². The first-order valence-electron chi connectivity index (χ1n) is 10.1. The summed E-state index contributed by atoms with van der Waals surface area (Å²) in [6.07, 6.45) is 1.47. The molecule has 0 aromatic heterocycles. The fourth-order valence-electron chi connectivity index (χ4n) is 4.13. The van der Waals surface area contributed by atoms with Crippen molar-refractivity contribution < 1.29 is 14.3 Å². The highest BCUT2D eigenvalue weighted by Gasteiger charge is 2.50. The van der Waals surface area contributed by atoms with Crippen LogP contribution in [-0.2, 0) is 9.47 Å². The molecule has 2 aromatic rings. The summed E-state index contributed by atoms with van der Waals surface area (Å²) in [5.41, 5.74) is 6.46. The molecule has 1 fully saturated rings. The molecule has 0 aliphatic carbocycles. The zero-order valence-electron chi connectivity index (χ0n) is 17.4. The molecule has 3 rings (SSSR count). The molecule has 152 valence electrons. The van der Waals surface area contributed by atoms with E-state index in [2.05, 4.69) is 38.1 Å². The first-order valence-corrected chi connectivity index (χ1v) is 12.0. The molecule has 0 radical (unpaired) electrons. The second-order valence-electron chi connectivity index (χ2n) is 8.90. The van der Waals surface area contributed by atoms with Crippen molar-refractivity contribution in [2.75, 3.05) is 6.61 Å². The van der Waals surface area contributed by atoms with E-state index >= 15 is 0 Å². The fraction of sp³-hybridized carbons (Fsp3) is 0.478. The van der Waals surface area contributed by atoms with Crippen LogP contribution in [0.5, 0.6) is 0 Å². The van der Waals surface area contributed by atoms with E-state index in [1.807, 2.05) is 50.2 Å². The lowest BCUT2D eigenvalue weighted by atomic mass is 9.99. The number of rotatable bonds is 7. The van der Waals surface area contributed by atoms with Crippen LogP contribution in [0.1, 0.15) is 40.5 Å². The van der Waals surface area contributed by atoms with E-state index in [0.29, 0.717) is 6.61 Å². The molecule has 3 N–H and O–H groups in total. The van der Waals surface area contributed by atoms with Gasteiger partial charge in [0, 0.05) is 6.04 Å². The van der Waals surface area contributed by atoms with Gasteiger partial charge in [-0.1, -0.05) is 74.5 Å². The Balaban J connectivity index is 1.83. The minimum Gasteiger partial charge on any atom is -0.424 e. The molecule has 1 aliphatic rings. The summed E-state index contributed by atoms with van der Waals surface area (Å²) in [4.78, 5) is 12.2. The van der Waals surface area contributed by atoms with Gasteiger partial charge in [0.05, 0.1) is 12.7 Å². The Morgan fingerprint density at radius 1 is 1.07 bits per heavy atom. The maximum Gasteiger partial charge on any atom is 0.258 e. The lowest BCUT2D eigenvalue weighted by Crippen LogP contribution is -2.65. The van der Waals surface area contributed by atoms with E-state index in [9.17, 15) is 4.80 Å². The lowest BCUT2D eigenvalue weighted by molar-refractivity contribution is -0.140. The van der Waals surface area contributed by atoms with Gasteiger partial charge in [-0.05, 0) is 42.1 Å². The first-order chi connectivity index (χ1) is 13.2. The predicted molar refractivity (Wildman–Crippen MR) is 116 cm³/mol. The summed E-state index contributed by atoms with van der Waals surface area (Å²) < 4.78 is 11.6. The van der Waals surface area contributed by atoms with Gasteiger partial charge >= 0.3 is 0 Å². The van der Waals surface area contributed by atoms with Crippen molar-refractivity contribution in [3.05, 3.63) is 60.7 Å². The summed E-state index contributed by atoms with van der Waals surface area (Å²) in [6, 6.07) is 20.1. The molecule has 0 saturated carbocycles. The van der Waals surface area contributed by atoms with Crippen molar-refractivity contribution in [3.8, 4) is 0 Å². The van der Waals surface area contributed by atoms with Gasteiger partial charge in [0.25, 0.3) is 8.32 Å². The van der Waals surface area contributed by atoms with Crippen molar-refractivity contribution >= 4 is 18.7 Å². The normalized spacial score (nSPS) is 20.9. The van der Waals surface area contributed by atoms with Crippen molar-refractivity contribution in [1.82, 2.24) is 0 Å². The van der Waals surface area contributed by atoms with Gasteiger partial charge in [0.1, 0.15) is 0 Å². The van der Waals surface area contributed by atoms with Gasteiger partial charge in [-0.15, -0.1) is 0 Å². The van der Waals surface area contributed by atoms with Crippen LogP contribution < -0.4 is 16.1 Å². The second-order valence-corrected chi connectivity index (χ2v) is 12.8. The Bertz CT molecular complexity index is 724. The summed E-state index contributed by atoms with van der Waals surface area (Å²) in [5.74, 6) is -0.568. The van der Waals surface area contributed by atoms with Crippen LogP contribution in [0, 0.1) is 0 Å². The molecular weight excluding hydrogens is 366 g/mol. The number of hydrogen-bond donors (Lipinski definition) is 2. The van der Waals surface area contributed by atoms with Crippen molar-refractivity contribution in [3.63, 3.8) is 0 Å². The highest BCUT2D eigenvalue weighted by atomic mass is 28.4. The molecule has 2 atom stereocenters. The Hall–Kier alpha value is -1.50. The van der Waals surface area contributed by atoms with E-state index in [1.54, 1.807) is 0 Å². The van der Waals surface area contributed by atoms with E-state index in [4.69, 9.17) is 15.2 Å². The molecule has 5 heteroatoms. The largest absolute Gasteiger partial charge is 0.424 e. The number of hydrogen-bond acceptors (Lipinski definition) is 4. The fourth-order valence-corrected chi connectivity index (χ4v) is 7.88. The first kappa shape index (κ1) is 21.2. The minimum atomic E-state index is -2.99.